The summed E-state index contributed by atoms with van der Waals surface area (Å²) in [7, 11) is 0. The SMILES string of the molecule is CSC(CCCc1ccc(C)o1)SC. The highest BCUT2D eigenvalue weighted by Crippen LogP contribution is 2.24. The molecule has 0 spiro atoms. The minimum Gasteiger partial charge on any atom is -0.466 e. The Balaban J connectivity index is 2.21. The van der Waals surface area contributed by atoms with Crippen LogP contribution in [0, 0.1) is 6.92 Å². The van der Waals surface area contributed by atoms with Crippen LogP contribution in [0.25, 0.3) is 0 Å². The lowest BCUT2D eigenvalue weighted by atomic mass is 10.2. The van der Waals surface area contributed by atoms with Crippen molar-refractivity contribution < 1.29 is 4.42 Å². The Bertz CT molecular complexity index is 254. The number of thioether (sulfide) groups is 2. The molecule has 0 radical (unpaired) electrons. The number of furan rings is 1. The third kappa shape index (κ3) is 4.01. The molecule has 0 aliphatic carbocycles. The van der Waals surface area contributed by atoms with Gasteiger partial charge in [-0.3, -0.25) is 0 Å². The van der Waals surface area contributed by atoms with Crippen molar-refractivity contribution in [2.24, 2.45) is 0 Å². The van der Waals surface area contributed by atoms with Crippen LogP contribution < -0.4 is 0 Å². The largest absolute Gasteiger partial charge is 0.466 e. The van der Waals surface area contributed by atoms with Gasteiger partial charge in [-0.2, -0.15) is 23.5 Å². The van der Waals surface area contributed by atoms with Crippen LogP contribution in [0.2, 0.25) is 0 Å². The van der Waals surface area contributed by atoms with Crippen molar-refractivity contribution in [1.29, 1.82) is 0 Å². The molecular formula is C11H18OS2. The van der Waals surface area contributed by atoms with Gasteiger partial charge in [-0.25, -0.2) is 0 Å². The fraction of sp³-hybridized carbons (Fsp3) is 0.636. The molecular weight excluding hydrogens is 212 g/mol. The molecule has 0 saturated heterocycles. The normalized spacial score (nSPS) is 11.1. The molecule has 0 atom stereocenters. The fourth-order valence-electron chi connectivity index (χ4n) is 1.39. The molecule has 14 heavy (non-hydrogen) atoms. The summed E-state index contributed by atoms with van der Waals surface area (Å²) in [5.74, 6) is 2.15. The molecule has 0 aliphatic rings. The third-order valence-electron chi connectivity index (χ3n) is 2.18. The number of hydrogen-bond acceptors (Lipinski definition) is 3. The maximum absolute atomic E-state index is 5.52. The van der Waals surface area contributed by atoms with Gasteiger partial charge in [-0.05, 0) is 44.4 Å². The lowest BCUT2D eigenvalue weighted by Crippen LogP contribution is -1.96. The summed E-state index contributed by atoms with van der Waals surface area (Å²) >= 11 is 3.89. The Morgan fingerprint density at radius 1 is 1.29 bits per heavy atom. The summed E-state index contributed by atoms with van der Waals surface area (Å²) in [5.41, 5.74) is 0. The van der Waals surface area contributed by atoms with E-state index in [4.69, 9.17) is 4.42 Å². The minimum absolute atomic E-state index is 0.742. The highest BCUT2D eigenvalue weighted by molar-refractivity contribution is 8.16. The molecule has 3 heteroatoms. The number of rotatable bonds is 6. The Morgan fingerprint density at radius 3 is 2.50 bits per heavy atom. The standard InChI is InChI=1S/C11H18OS2/c1-9-7-8-10(12-9)5-4-6-11(13-2)14-3/h7-8,11H,4-6H2,1-3H3. The lowest BCUT2D eigenvalue weighted by Gasteiger charge is -2.09. The van der Waals surface area contributed by atoms with E-state index in [-0.39, 0.29) is 0 Å². The van der Waals surface area contributed by atoms with E-state index in [1.165, 1.54) is 12.8 Å². The minimum atomic E-state index is 0.742. The topological polar surface area (TPSA) is 13.1 Å². The maximum atomic E-state index is 5.52. The van der Waals surface area contributed by atoms with Gasteiger partial charge in [-0.15, -0.1) is 0 Å². The monoisotopic (exact) mass is 230 g/mol. The molecule has 80 valence electrons. The van der Waals surface area contributed by atoms with E-state index in [0.717, 1.165) is 22.5 Å². The first-order valence-corrected chi connectivity index (χ1v) is 7.44. The molecule has 1 nitrogen and oxygen atoms in total. The molecule has 0 aromatic carbocycles. The van der Waals surface area contributed by atoms with Gasteiger partial charge in [0.15, 0.2) is 0 Å². The predicted octanol–water partition coefficient (Wildman–Crippen LogP) is 3.96. The van der Waals surface area contributed by atoms with Gasteiger partial charge in [-0.1, -0.05) is 0 Å². The molecule has 1 aromatic rings. The smallest absolute Gasteiger partial charge is 0.104 e. The van der Waals surface area contributed by atoms with E-state index >= 15 is 0 Å². The van der Waals surface area contributed by atoms with Gasteiger partial charge < -0.3 is 4.42 Å². The summed E-state index contributed by atoms with van der Waals surface area (Å²) in [5, 5.41) is 0. The van der Waals surface area contributed by atoms with Gasteiger partial charge in [0.2, 0.25) is 0 Å². The van der Waals surface area contributed by atoms with Crippen LogP contribution in [0.1, 0.15) is 24.4 Å². The Morgan fingerprint density at radius 2 is 2.00 bits per heavy atom. The molecule has 0 saturated carbocycles. The van der Waals surface area contributed by atoms with E-state index in [1.807, 2.05) is 36.5 Å². The zero-order valence-corrected chi connectivity index (χ0v) is 10.7. The van der Waals surface area contributed by atoms with E-state index in [2.05, 4.69) is 18.6 Å². The van der Waals surface area contributed by atoms with Crippen LogP contribution in [0.4, 0.5) is 0 Å². The van der Waals surface area contributed by atoms with Crippen LogP contribution in [0.15, 0.2) is 16.5 Å². The second-order valence-electron chi connectivity index (χ2n) is 3.31. The summed E-state index contributed by atoms with van der Waals surface area (Å²) in [6, 6.07) is 4.12. The molecule has 0 N–H and O–H groups in total. The van der Waals surface area contributed by atoms with Crippen LogP contribution in [0.3, 0.4) is 0 Å². The zero-order valence-electron chi connectivity index (χ0n) is 9.08. The molecule has 0 unspecified atom stereocenters. The second kappa shape index (κ2) is 6.46. The zero-order chi connectivity index (χ0) is 10.4. The quantitative estimate of drug-likeness (QED) is 0.687. The van der Waals surface area contributed by atoms with E-state index in [9.17, 15) is 0 Å². The summed E-state index contributed by atoms with van der Waals surface area (Å²) in [6.45, 7) is 2.00. The molecule has 1 aromatic heterocycles. The summed E-state index contributed by atoms with van der Waals surface area (Å²) in [4.78, 5) is 0. The highest BCUT2D eigenvalue weighted by Gasteiger charge is 2.05. The van der Waals surface area contributed by atoms with E-state index in [0.29, 0.717) is 0 Å². The van der Waals surface area contributed by atoms with Crippen LogP contribution >= 0.6 is 23.5 Å². The van der Waals surface area contributed by atoms with Gasteiger partial charge in [0.1, 0.15) is 11.5 Å². The van der Waals surface area contributed by atoms with Gasteiger partial charge in [0.05, 0.1) is 0 Å². The maximum Gasteiger partial charge on any atom is 0.104 e. The Kier molecular flexibility index (Phi) is 5.56. The first-order valence-electron chi connectivity index (χ1n) is 4.87. The summed E-state index contributed by atoms with van der Waals surface area (Å²) < 4.78 is 6.26. The number of hydrogen-bond donors (Lipinski definition) is 0. The highest BCUT2D eigenvalue weighted by atomic mass is 32.2. The van der Waals surface area contributed by atoms with Crippen molar-refractivity contribution in [2.45, 2.75) is 30.8 Å². The summed E-state index contributed by atoms with van der Waals surface area (Å²) in [6.07, 6.45) is 7.92. The molecule has 0 aliphatic heterocycles. The van der Waals surface area contributed by atoms with Crippen LogP contribution in [0.5, 0.6) is 0 Å². The average Bonchev–Trinajstić information content (AvgIpc) is 2.59. The lowest BCUT2D eigenvalue weighted by molar-refractivity contribution is 0.476. The van der Waals surface area contributed by atoms with Gasteiger partial charge >= 0.3 is 0 Å². The number of aryl methyl sites for hydroxylation is 2. The Labute approximate surface area is 95.0 Å². The van der Waals surface area contributed by atoms with Crippen molar-refractivity contribution in [3.05, 3.63) is 23.7 Å². The van der Waals surface area contributed by atoms with Crippen molar-refractivity contribution in [2.75, 3.05) is 12.5 Å². The molecule has 0 fully saturated rings. The van der Waals surface area contributed by atoms with Crippen LogP contribution in [-0.2, 0) is 6.42 Å². The van der Waals surface area contributed by atoms with Gasteiger partial charge in [0.25, 0.3) is 0 Å². The Hall–Kier alpha value is -0.0200. The van der Waals surface area contributed by atoms with E-state index < -0.39 is 0 Å². The predicted molar refractivity (Wildman–Crippen MR) is 67.2 cm³/mol. The van der Waals surface area contributed by atoms with Crippen LogP contribution in [-0.4, -0.2) is 17.1 Å². The van der Waals surface area contributed by atoms with Crippen molar-refractivity contribution in [3.63, 3.8) is 0 Å². The average molecular weight is 230 g/mol. The molecule has 0 bridgehead atoms. The van der Waals surface area contributed by atoms with E-state index in [1.54, 1.807) is 0 Å². The van der Waals surface area contributed by atoms with Crippen molar-refractivity contribution >= 4 is 23.5 Å². The van der Waals surface area contributed by atoms with Gasteiger partial charge in [0, 0.05) is 11.0 Å². The first-order chi connectivity index (χ1) is 6.76. The van der Waals surface area contributed by atoms with Crippen molar-refractivity contribution in [3.8, 4) is 0 Å². The molecule has 0 amide bonds. The first kappa shape index (κ1) is 12.1. The third-order valence-corrected chi connectivity index (χ3v) is 4.86. The molecule has 1 heterocycles. The van der Waals surface area contributed by atoms with Crippen molar-refractivity contribution in [1.82, 2.24) is 0 Å². The molecule has 1 rings (SSSR count). The second-order valence-corrected chi connectivity index (χ2v) is 5.68. The fourth-order valence-corrected chi connectivity index (χ4v) is 2.97.